The number of hydrogen-bond acceptors (Lipinski definition) is 3. The molecule has 150 valence electrons. The van der Waals surface area contributed by atoms with E-state index < -0.39 is 6.04 Å². The van der Waals surface area contributed by atoms with Crippen molar-refractivity contribution in [1.29, 1.82) is 0 Å². The number of aryl methyl sites for hydroxylation is 1. The van der Waals surface area contributed by atoms with Gasteiger partial charge in [-0.1, -0.05) is 42.5 Å². The van der Waals surface area contributed by atoms with E-state index in [4.69, 9.17) is 4.74 Å². The van der Waals surface area contributed by atoms with Crippen LogP contribution < -0.4 is 10.1 Å². The van der Waals surface area contributed by atoms with E-state index in [1.165, 1.54) is 0 Å². The molecular weight excluding hydrogens is 352 g/mol. The van der Waals surface area contributed by atoms with Gasteiger partial charge in [-0.05, 0) is 57.9 Å². The van der Waals surface area contributed by atoms with E-state index in [2.05, 4.69) is 5.32 Å². The minimum atomic E-state index is -0.618. The molecule has 2 aromatic rings. The van der Waals surface area contributed by atoms with Gasteiger partial charge in [-0.15, -0.1) is 0 Å². The largest absolute Gasteiger partial charge is 0.484 e. The second-order valence-electron chi connectivity index (χ2n) is 8.03. The zero-order valence-corrected chi connectivity index (χ0v) is 17.4. The zero-order chi connectivity index (χ0) is 20.7. The minimum Gasteiger partial charge on any atom is -0.484 e. The van der Waals surface area contributed by atoms with Gasteiger partial charge in [0.2, 0.25) is 5.91 Å². The lowest BCUT2D eigenvalue weighted by molar-refractivity contribution is -0.142. The number of hydrogen-bond donors (Lipinski definition) is 1. The number of nitrogens with zero attached hydrogens (tertiary/aromatic N) is 1. The molecule has 0 radical (unpaired) electrons. The Balaban J connectivity index is 2.14. The highest BCUT2D eigenvalue weighted by Crippen LogP contribution is 2.15. The lowest BCUT2D eigenvalue weighted by Gasteiger charge is -2.31. The molecule has 1 atom stereocenters. The Morgan fingerprint density at radius 1 is 1.07 bits per heavy atom. The maximum atomic E-state index is 12.9. The van der Waals surface area contributed by atoms with Crippen LogP contribution >= 0.6 is 0 Å². The van der Waals surface area contributed by atoms with Crippen molar-refractivity contribution in [2.45, 2.75) is 52.7 Å². The lowest BCUT2D eigenvalue weighted by atomic mass is 10.1. The molecule has 0 aliphatic rings. The molecule has 0 saturated carbocycles. The molecule has 5 heteroatoms. The molecule has 0 aromatic heterocycles. The van der Waals surface area contributed by atoms with Crippen molar-refractivity contribution in [2.75, 3.05) is 6.61 Å². The maximum absolute atomic E-state index is 12.9. The van der Waals surface area contributed by atoms with Crippen LogP contribution in [-0.2, 0) is 16.1 Å². The van der Waals surface area contributed by atoms with E-state index in [1.807, 2.05) is 82.3 Å². The quantitative estimate of drug-likeness (QED) is 0.794. The second kappa shape index (κ2) is 9.40. The summed E-state index contributed by atoms with van der Waals surface area (Å²) in [4.78, 5) is 27.2. The smallest absolute Gasteiger partial charge is 0.261 e. The third-order valence-electron chi connectivity index (χ3n) is 4.21. The molecule has 0 unspecified atom stereocenters. The van der Waals surface area contributed by atoms with Gasteiger partial charge in [0.15, 0.2) is 6.61 Å². The first-order valence-corrected chi connectivity index (χ1v) is 9.50. The van der Waals surface area contributed by atoms with Gasteiger partial charge in [-0.3, -0.25) is 9.59 Å². The third kappa shape index (κ3) is 6.72. The Morgan fingerprint density at radius 3 is 2.36 bits per heavy atom. The third-order valence-corrected chi connectivity index (χ3v) is 4.21. The number of amides is 2. The van der Waals surface area contributed by atoms with Crippen LogP contribution in [0.5, 0.6) is 5.75 Å². The monoisotopic (exact) mass is 382 g/mol. The predicted octanol–water partition coefficient (Wildman–Crippen LogP) is 3.71. The molecule has 1 N–H and O–H groups in total. The van der Waals surface area contributed by atoms with Crippen molar-refractivity contribution in [3.63, 3.8) is 0 Å². The summed E-state index contributed by atoms with van der Waals surface area (Å²) in [5.41, 5.74) is 1.65. The summed E-state index contributed by atoms with van der Waals surface area (Å²) < 4.78 is 5.68. The zero-order valence-electron chi connectivity index (χ0n) is 17.4. The van der Waals surface area contributed by atoms with Gasteiger partial charge in [0.05, 0.1) is 0 Å². The first-order chi connectivity index (χ1) is 13.2. The summed E-state index contributed by atoms with van der Waals surface area (Å²) in [6, 6.07) is 16.6. The van der Waals surface area contributed by atoms with Crippen LogP contribution in [0.3, 0.4) is 0 Å². The van der Waals surface area contributed by atoms with Crippen molar-refractivity contribution in [3.05, 3.63) is 65.7 Å². The number of benzene rings is 2. The first kappa shape index (κ1) is 21.5. The van der Waals surface area contributed by atoms with Gasteiger partial charge >= 0.3 is 0 Å². The molecule has 0 saturated heterocycles. The number of rotatable bonds is 7. The molecule has 2 aromatic carbocycles. The highest BCUT2D eigenvalue weighted by Gasteiger charge is 2.28. The van der Waals surface area contributed by atoms with E-state index in [0.29, 0.717) is 12.3 Å². The molecule has 0 bridgehead atoms. The molecule has 0 spiro atoms. The van der Waals surface area contributed by atoms with Gasteiger partial charge in [0, 0.05) is 12.1 Å². The van der Waals surface area contributed by atoms with Crippen LogP contribution in [0.15, 0.2) is 54.6 Å². The molecule has 0 aliphatic carbocycles. The first-order valence-electron chi connectivity index (χ1n) is 9.50. The Hall–Kier alpha value is -2.82. The number of ether oxygens (including phenoxy) is 1. The van der Waals surface area contributed by atoms with E-state index in [9.17, 15) is 9.59 Å². The van der Waals surface area contributed by atoms with E-state index in [-0.39, 0.29) is 24.0 Å². The van der Waals surface area contributed by atoms with Crippen molar-refractivity contribution < 1.29 is 14.3 Å². The maximum Gasteiger partial charge on any atom is 0.261 e. The predicted molar refractivity (Wildman–Crippen MR) is 111 cm³/mol. The minimum absolute atomic E-state index is 0.122. The standard InChI is InChI=1S/C23H30N2O3/c1-17-10-9-13-20(14-17)28-16-21(26)25(15-19-11-7-6-8-12-19)18(2)22(27)24-23(3,4)5/h6-14,18H,15-16H2,1-5H3,(H,24,27)/t18-/m1/s1. The summed E-state index contributed by atoms with van der Waals surface area (Å²) in [5.74, 6) is 0.217. The SMILES string of the molecule is Cc1cccc(OCC(=O)N(Cc2ccccc2)[C@H](C)C(=O)NC(C)(C)C)c1. The molecule has 5 nitrogen and oxygen atoms in total. The highest BCUT2D eigenvalue weighted by molar-refractivity contribution is 5.88. The molecule has 0 heterocycles. The Morgan fingerprint density at radius 2 is 1.75 bits per heavy atom. The highest BCUT2D eigenvalue weighted by atomic mass is 16.5. The molecule has 0 aliphatic heterocycles. The van der Waals surface area contributed by atoms with Crippen LogP contribution in [0, 0.1) is 6.92 Å². The van der Waals surface area contributed by atoms with Crippen LogP contribution in [0.25, 0.3) is 0 Å². The number of nitrogens with one attached hydrogen (secondary N) is 1. The summed E-state index contributed by atoms with van der Waals surface area (Å²) in [5, 5.41) is 2.95. The topological polar surface area (TPSA) is 58.6 Å². The number of carbonyl (C=O) groups excluding carboxylic acids is 2. The van der Waals surface area contributed by atoms with Crippen LogP contribution in [0.4, 0.5) is 0 Å². The van der Waals surface area contributed by atoms with Crippen LogP contribution in [0.1, 0.15) is 38.8 Å². The molecule has 0 fully saturated rings. The summed E-state index contributed by atoms with van der Waals surface area (Å²) in [7, 11) is 0. The Kier molecular flexibility index (Phi) is 7.21. The van der Waals surface area contributed by atoms with Crippen molar-refractivity contribution >= 4 is 11.8 Å². The van der Waals surface area contributed by atoms with Crippen LogP contribution in [-0.4, -0.2) is 34.9 Å². The van der Waals surface area contributed by atoms with Gasteiger partial charge < -0.3 is 15.0 Å². The van der Waals surface area contributed by atoms with Crippen molar-refractivity contribution in [3.8, 4) is 5.75 Å². The molecule has 2 amide bonds. The summed E-state index contributed by atoms with van der Waals surface area (Å²) in [6.07, 6.45) is 0. The molecular formula is C23H30N2O3. The number of carbonyl (C=O) groups is 2. The van der Waals surface area contributed by atoms with E-state index in [1.54, 1.807) is 11.8 Å². The Labute approximate surface area is 167 Å². The average Bonchev–Trinajstić information content (AvgIpc) is 2.63. The second-order valence-corrected chi connectivity index (χ2v) is 8.03. The van der Waals surface area contributed by atoms with Gasteiger partial charge in [-0.25, -0.2) is 0 Å². The van der Waals surface area contributed by atoms with Crippen molar-refractivity contribution in [2.24, 2.45) is 0 Å². The summed E-state index contributed by atoms with van der Waals surface area (Å²) >= 11 is 0. The fourth-order valence-corrected chi connectivity index (χ4v) is 2.77. The van der Waals surface area contributed by atoms with E-state index >= 15 is 0 Å². The normalized spacial score (nSPS) is 12.2. The van der Waals surface area contributed by atoms with E-state index in [0.717, 1.165) is 11.1 Å². The van der Waals surface area contributed by atoms with Gasteiger partial charge in [0.25, 0.3) is 5.91 Å². The lowest BCUT2D eigenvalue weighted by Crippen LogP contribution is -2.53. The molecule has 28 heavy (non-hydrogen) atoms. The summed E-state index contributed by atoms with van der Waals surface area (Å²) in [6.45, 7) is 9.69. The fourth-order valence-electron chi connectivity index (χ4n) is 2.77. The Bertz CT molecular complexity index is 797. The molecule has 2 rings (SSSR count). The average molecular weight is 383 g/mol. The van der Waals surface area contributed by atoms with Crippen LogP contribution in [0.2, 0.25) is 0 Å². The van der Waals surface area contributed by atoms with Gasteiger partial charge in [-0.2, -0.15) is 0 Å². The van der Waals surface area contributed by atoms with Gasteiger partial charge in [0.1, 0.15) is 11.8 Å². The van der Waals surface area contributed by atoms with Crippen molar-refractivity contribution in [1.82, 2.24) is 10.2 Å². The fraction of sp³-hybridized carbons (Fsp3) is 0.391.